The van der Waals surface area contributed by atoms with Gasteiger partial charge in [-0.15, -0.1) is 0 Å². The number of rotatable bonds is 6. The number of carbonyl (C=O) groups is 1. The van der Waals surface area contributed by atoms with Gasteiger partial charge in [-0.05, 0) is 19.1 Å². The molecule has 0 bridgehead atoms. The summed E-state index contributed by atoms with van der Waals surface area (Å²) < 4.78 is 5.30. The molecule has 1 amide bonds. The van der Waals surface area contributed by atoms with Gasteiger partial charge >= 0.3 is 0 Å². The Morgan fingerprint density at radius 2 is 2.14 bits per heavy atom. The predicted octanol–water partition coefficient (Wildman–Crippen LogP) is 2.39. The van der Waals surface area contributed by atoms with Crippen LogP contribution in [-0.2, 0) is 4.74 Å². The number of nitrogens with one attached hydrogen (secondary N) is 1. The molecule has 21 heavy (non-hydrogen) atoms. The fourth-order valence-corrected chi connectivity index (χ4v) is 2.13. The summed E-state index contributed by atoms with van der Waals surface area (Å²) in [5, 5.41) is 3.86. The lowest BCUT2D eigenvalue weighted by Crippen LogP contribution is -2.30. The van der Waals surface area contributed by atoms with E-state index in [2.05, 4.69) is 10.3 Å². The molecule has 0 atom stereocenters. The van der Waals surface area contributed by atoms with Crippen LogP contribution in [0.4, 0.5) is 5.82 Å². The molecule has 0 radical (unpaired) electrons. The van der Waals surface area contributed by atoms with Crippen molar-refractivity contribution in [1.29, 1.82) is 0 Å². The highest BCUT2D eigenvalue weighted by atomic mass is 16.5. The second-order valence-corrected chi connectivity index (χ2v) is 4.75. The van der Waals surface area contributed by atoms with Crippen LogP contribution >= 0.6 is 0 Å². The molecular formula is C16H21N3O2. The van der Waals surface area contributed by atoms with E-state index < -0.39 is 0 Å². The molecule has 2 rings (SSSR count). The van der Waals surface area contributed by atoms with E-state index in [0.29, 0.717) is 31.1 Å². The van der Waals surface area contributed by atoms with Gasteiger partial charge in [0.15, 0.2) is 0 Å². The van der Waals surface area contributed by atoms with Gasteiger partial charge < -0.3 is 15.0 Å². The molecule has 0 aliphatic carbocycles. The van der Waals surface area contributed by atoms with E-state index in [1.54, 1.807) is 25.1 Å². The Morgan fingerprint density at radius 1 is 1.38 bits per heavy atom. The standard InChI is InChI=1S/C16H21N3O2/c1-4-21-10-9-19(3)16(20)13-11-15(17-2)18-14-8-6-5-7-12(13)14/h5-8,11H,4,9-10H2,1-3H3,(H,17,18). The van der Waals surface area contributed by atoms with Gasteiger partial charge in [0, 0.05) is 32.6 Å². The van der Waals surface area contributed by atoms with E-state index in [1.165, 1.54) is 0 Å². The average molecular weight is 287 g/mol. The second-order valence-electron chi connectivity index (χ2n) is 4.75. The molecule has 1 aromatic carbocycles. The monoisotopic (exact) mass is 287 g/mol. The fourth-order valence-electron chi connectivity index (χ4n) is 2.13. The van der Waals surface area contributed by atoms with Crippen molar-refractivity contribution in [2.24, 2.45) is 0 Å². The fraction of sp³-hybridized carbons (Fsp3) is 0.375. The number of anilines is 1. The third kappa shape index (κ3) is 3.49. The van der Waals surface area contributed by atoms with Crippen LogP contribution in [0.3, 0.4) is 0 Å². The summed E-state index contributed by atoms with van der Waals surface area (Å²) in [5.74, 6) is 0.667. The van der Waals surface area contributed by atoms with E-state index in [-0.39, 0.29) is 5.91 Å². The minimum Gasteiger partial charge on any atom is -0.380 e. The molecule has 0 saturated carbocycles. The highest BCUT2D eigenvalue weighted by Crippen LogP contribution is 2.21. The van der Waals surface area contributed by atoms with E-state index in [9.17, 15) is 4.79 Å². The Hall–Kier alpha value is -2.14. The minimum absolute atomic E-state index is 0.0233. The number of aromatic nitrogens is 1. The van der Waals surface area contributed by atoms with Crippen LogP contribution in [0.15, 0.2) is 30.3 Å². The maximum Gasteiger partial charge on any atom is 0.254 e. The van der Waals surface area contributed by atoms with Crippen molar-refractivity contribution in [1.82, 2.24) is 9.88 Å². The zero-order valence-electron chi connectivity index (χ0n) is 12.7. The van der Waals surface area contributed by atoms with Crippen molar-refractivity contribution in [2.75, 3.05) is 39.2 Å². The quantitative estimate of drug-likeness (QED) is 0.829. The molecule has 0 unspecified atom stereocenters. The maximum atomic E-state index is 12.6. The maximum absolute atomic E-state index is 12.6. The van der Waals surface area contributed by atoms with E-state index in [1.807, 2.05) is 31.2 Å². The zero-order valence-corrected chi connectivity index (χ0v) is 12.7. The molecule has 0 spiro atoms. The summed E-state index contributed by atoms with van der Waals surface area (Å²) in [6.07, 6.45) is 0. The molecule has 0 aliphatic heterocycles. The number of pyridine rings is 1. The van der Waals surface area contributed by atoms with E-state index >= 15 is 0 Å². The number of nitrogens with zero attached hydrogens (tertiary/aromatic N) is 2. The third-order valence-corrected chi connectivity index (χ3v) is 3.32. The first-order valence-corrected chi connectivity index (χ1v) is 7.08. The average Bonchev–Trinajstić information content (AvgIpc) is 2.53. The lowest BCUT2D eigenvalue weighted by molar-refractivity contribution is 0.0711. The van der Waals surface area contributed by atoms with Crippen LogP contribution in [-0.4, -0.2) is 49.6 Å². The second kappa shape index (κ2) is 7.04. The van der Waals surface area contributed by atoms with Crippen molar-refractivity contribution in [3.63, 3.8) is 0 Å². The number of fused-ring (bicyclic) bond motifs is 1. The largest absolute Gasteiger partial charge is 0.380 e. The molecule has 1 heterocycles. The van der Waals surface area contributed by atoms with Gasteiger partial charge in [-0.1, -0.05) is 18.2 Å². The SMILES string of the molecule is CCOCCN(C)C(=O)c1cc(NC)nc2ccccc12. The Kier molecular flexibility index (Phi) is 5.11. The van der Waals surface area contributed by atoms with Gasteiger partial charge in [0.2, 0.25) is 0 Å². The van der Waals surface area contributed by atoms with Gasteiger partial charge in [0.05, 0.1) is 17.7 Å². The summed E-state index contributed by atoms with van der Waals surface area (Å²) in [4.78, 5) is 18.8. The molecule has 2 aromatic rings. The number of hydrogen-bond acceptors (Lipinski definition) is 4. The molecule has 5 nitrogen and oxygen atoms in total. The number of amides is 1. The molecular weight excluding hydrogens is 266 g/mol. The molecule has 5 heteroatoms. The number of para-hydroxylation sites is 1. The first-order chi connectivity index (χ1) is 10.2. The zero-order chi connectivity index (χ0) is 15.2. The lowest BCUT2D eigenvalue weighted by atomic mass is 10.1. The van der Waals surface area contributed by atoms with E-state index in [0.717, 1.165) is 10.9 Å². The number of benzene rings is 1. The first-order valence-electron chi connectivity index (χ1n) is 7.08. The van der Waals surface area contributed by atoms with Crippen molar-refractivity contribution >= 4 is 22.6 Å². The van der Waals surface area contributed by atoms with Gasteiger partial charge in [0.1, 0.15) is 5.82 Å². The summed E-state index contributed by atoms with van der Waals surface area (Å²) in [6.45, 7) is 3.71. The Balaban J connectivity index is 2.33. The predicted molar refractivity (Wildman–Crippen MR) is 84.7 cm³/mol. The van der Waals surface area contributed by atoms with Crippen LogP contribution in [0.25, 0.3) is 10.9 Å². The third-order valence-electron chi connectivity index (χ3n) is 3.32. The van der Waals surface area contributed by atoms with Gasteiger partial charge in [-0.2, -0.15) is 0 Å². The first kappa shape index (κ1) is 15.3. The molecule has 1 N–H and O–H groups in total. The Bertz CT molecular complexity index is 628. The molecule has 0 aliphatic rings. The van der Waals surface area contributed by atoms with Crippen LogP contribution in [0, 0.1) is 0 Å². The summed E-state index contributed by atoms with van der Waals surface area (Å²) in [5.41, 5.74) is 1.47. The Labute approximate surface area is 124 Å². The van der Waals surface area contributed by atoms with Crippen LogP contribution in [0.2, 0.25) is 0 Å². The smallest absolute Gasteiger partial charge is 0.254 e. The van der Waals surface area contributed by atoms with Crippen molar-refractivity contribution in [3.05, 3.63) is 35.9 Å². The van der Waals surface area contributed by atoms with Gasteiger partial charge in [-0.3, -0.25) is 4.79 Å². The molecule has 112 valence electrons. The van der Waals surface area contributed by atoms with Gasteiger partial charge in [0.25, 0.3) is 5.91 Å². The summed E-state index contributed by atoms with van der Waals surface area (Å²) in [6, 6.07) is 9.46. The minimum atomic E-state index is -0.0233. The Morgan fingerprint density at radius 3 is 2.86 bits per heavy atom. The van der Waals surface area contributed by atoms with Crippen molar-refractivity contribution < 1.29 is 9.53 Å². The van der Waals surface area contributed by atoms with Gasteiger partial charge in [-0.25, -0.2) is 4.98 Å². The number of likely N-dealkylation sites (N-methyl/N-ethyl adjacent to an activating group) is 1. The molecule has 1 aromatic heterocycles. The van der Waals surface area contributed by atoms with Crippen LogP contribution in [0.1, 0.15) is 17.3 Å². The molecule has 0 fully saturated rings. The van der Waals surface area contributed by atoms with E-state index in [4.69, 9.17) is 4.74 Å². The summed E-state index contributed by atoms with van der Waals surface area (Å²) in [7, 11) is 3.58. The molecule has 0 saturated heterocycles. The number of carbonyl (C=O) groups excluding carboxylic acids is 1. The highest BCUT2D eigenvalue weighted by molar-refractivity contribution is 6.06. The van der Waals surface area contributed by atoms with Crippen molar-refractivity contribution in [2.45, 2.75) is 6.92 Å². The summed E-state index contributed by atoms with van der Waals surface area (Å²) >= 11 is 0. The topological polar surface area (TPSA) is 54.5 Å². The van der Waals surface area contributed by atoms with Crippen molar-refractivity contribution in [3.8, 4) is 0 Å². The normalized spacial score (nSPS) is 10.6. The highest BCUT2D eigenvalue weighted by Gasteiger charge is 2.16. The van der Waals surface area contributed by atoms with Crippen LogP contribution < -0.4 is 5.32 Å². The number of ether oxygens (including phenoxy) is 1. The lowest BCUT2D eigenvalue weighted by Gasteiger charge is -2.18. The number of hydrogen-bond donors (Lipinski definition) is 1. The van der Waals surface area contributed by atoms with Crippen LogP contribution in [0.5, 0.6) is 0 Å².